The van der Waals surface area contributed by atoms with Gasteiger partial charge in [0.15, 0.2) is 0 Å². The van der Waals surface area contributed by atoms with Crippen molar-refractivity contribution in [3.63, 3.8) is 0 Å². The largest absolute Gasteiger partial charge is 0.353 e. The predicted molar refractivity (Wildman–Crippen MR) is 59.8 cm³/mol. The zero-order valence-electron chi connectivity index (χ0n) is 7.23. The Balaban J connectivity index is 2.03. The SMILES string of the molecule is IN1CCN(c2cnccn2)CC1. The smallest absolute Gasteiger partial charge is 0.147 e. The molecule has 13 heavy (non-hydrogen) atoms. The average molecular weight is 290 g/mol. The quantitative estimate of drug-likeness (QED) is 0.569. The molecule has 1 aliphatic heterocycles. The predicted octanol–water partition coefficient (Wildman–Crippen LogP) is 0.949. The minimum Gasteiger partial charge on any atom is -0.353 e. The molecule has 0 spiro atoms. The molecule has 1 fully saturated rings. The van der Waals surface area contributed by atoms with E-state index in [1.165, 1.54) is 0 Å². The van der Waals surface area contributed by atoms with E-state index in [-0.39, 0.29) is 0 Å². The van der Waals surface area contributed by atoms with Crippen LogP contribution in [0.15, 0.2) is 18.6 Å². The van der Waals surface area contributed by atoms with Crippen molar-refractivity contribution in [2.75, 3.05) is 31.1 Å². The minimum atomic E-state index is 0.993. The number of rotatable bonds is 1. The Morgan fingerprint density at radius 1 is 1.15 bits per heavy atom. The maximum atomic E-state index is 4.27. The van der Waals surface area contributed by atoms with Gasteiger partial charge >= 0.3 is 0 Å². The summed E-state index contributed by atoms with van der Waals surface area (Å²) in [5.41, 5.74) is 0. The van der Waals surface area contributed by atoms with Crippen molar-refractivity contribution in [3.8, 4) is 0 Å². The second-order valence-electron chi connectivity index (χ2n) is 2.96. The highest BCUT2D eigenvalue weighted by Crippen LogP contribution is 2.12. The lowest BCUT2D eigenvalue weighted by molar-refractivity contribution is 0.458. The van der Waals surface area contributed by atoms with Crippen LogP contribution >= 0.6 is 22.9 Å². The molecule has 0 atom stereocenters. The zero-order chi connectivity index (χ0) is 9.10. The summed E-state index contributed by atoms with van der Waals surface area (Å²) >= 11 is 2.36. The van der Waals surface area contributed by atoms with E-state index in [0.717, 1.165) is 32.0 Å². The summed E-state index contributed by atoms with van der Waals surface area (Å²) in [6, 6.07) is 0. The Bertz CT molecular complexity index is 258. The van der Waals surface area contributed by atoms with E-state index >= 15 is 0 Å². The minimum absolute atomic E-state index is 0.993. The number of piperazine rings is 1. The van der Waals surface area contributed by atoms with Crippen molar-refractivity contribution < 1.29 is 0 Å². The number of hydrogen-bond acceptors (Lipinski definition) is 4. The van der Waals surface area contributed by atoms with Crippen molar-refractivity contribution in [2.45, 2.75) is 0 Å². The van der Waals surface area contributed by atoms with Crippen LogP contribution < -0.4 is 4.90 Å². The monoisotopic (exact) mass is 290 g/mol. The van der Waals surface area contributed by atoms with Gasteiger partial charge in [-0.15, -0.1) is 0 Å². The molecule has 4 nitrogen and oxygen atoms in total. The molecular weight excluding hydrogens is 279 g/mol. The summed E-state index contributed by atoms with van der Waals surface area (Å²) < 4.78 is 2.30. The molecule has 1 saturated heterocycles. The van der Waals surface area contributed by atoms with Gasteiger partial charge in [-0.2, -0.15) is 0 Å². The highest BCUT2D eigenvalue weighted by molar-refractivity contribution is 14.1. The van der Waals surface area contributed by atoms with Crippen molar-refractivity contribution >= 4 is 28.7 Å². The maximum absolute atomic E-state index is 4.27. The summed E-state index contributed by atoms with van der Waals surface area (Å²) in [4.78, 5) is 10.6. The third kappa shape index (κ3) is 2.28. The molecule has 0 saturated carbocycles. The molecule has 0 bridgehead atoms. The fourth-order valence-corrected chi connectivity index (χ4v) is 1.80. The number of hydrogen-bond donors (Lipinski definition) is 0. The van der Waals surface area contributed by atoms with Gasteiger partial charge in [-0.05, 0) is 0 Å². The molecule has 2 rings (SSSR count). The van der Waals surface area contributed by atoms with Gasteiger partial charge in [0.25, 0.3) is 0 Å². The van der Waals surface area contributed by atoms with Crippen LogP contribution in [0.25, 0.3) is 0 Å². The number of halogens is 1. The Labute approximate surface area is 91.5 Å². The van der Waals surface area contributed by atoms with Crippen molar-refractivity contribution in [3.05, 3.63) is 18.6 Å². The first-order valence-electron chi connectivity index (χ1n) is 4.28. The molecule has 70 valence electrons. The third-order valence-electron chi connectivity index (χ3n) is 2.10. The molecule has 0 unspecified atom stereocenters. The van der Waals surface area contributed by atoms with Gasteiger partial charge in [0, 0.05) is 61.4 Å². The van der Waals surface area contributed by atoms with Crippen LogP contribution in [-0.4, -0.2) is 39.3 Å². The van der Waals surface area contributed by atoms with Gasteiger partial charge < -0.3 is 4.90 Å². The highest BCUT2D eigenvalue weighted by atomic mass is 127. The third-order valence-corrected chi connectivity index (χ3v) is 3.06. The van der Waals surface area contributed by atoms with Crippen LogP contribution in [0.3, 0.4) is 0 Å². The Morgan fingerprint density at radius 2 is 1.92 bits per heavy atom. The fraction of sp³-hybridized carbons (Fsp3) is 0.500. The lowest BCUT2D eigenvalue weighted by Gasteiger charge is -2.31. The first-order valence-corrected chi connectivity index (χ1v) is 5.24. The van der Waals surface area contributed by atoms with Crippen LogP contribution in [-0.2, 0) is 0 Å². The van der Waals surface area contributed by atoms with E-state index in [4.69, 9.17) is 0 Å². The average Bonchev–Trinajstić information content (AvgIpc) is 2.20. The lowest BCUT2D eigenvalue weighted by atomic mass is 10.4. The van der Waals surface area contributed by atoms with E-state index in [1.807, 2.05) is 6.20 Å². The number of anilines is 1. The van der Waals surface area contributed by atoms with Crippen LogP contribution in [0.1, 0.15) is 0 Å². The molecule has 1 aromatic heterocycles. The fourth-order valence-electron chi connectivity index (χ4n) is 1.37. The molecule has 1 aliphatic rings. The molecule has 1 aromatic rings. The van der Waals surface area contributed by atoms with E-state index in [2.05, 4.69) is 40.8 Å². The van der Waals surface area contributed by atoms with Gasteiger partial charge in [-0.3, -0.25) is 4.98 Å². The summed E-state index contributed by atoms with van der Waals surface area (Å²) in [5, 5.41) is 0. The maximum Gasteiger partial charge on any atom is 0.147 e. The Hall–Kier alpha value is -0.430. The molecule has 0 amide bonds. The molecule has 0 N–H and O–H groups in total. The summed E-state index contributed by atoms with van der Waals surface area (Å²) in [5.74, 6) is 0.993. The molecule has 0 aromatic carbocycles. The molecule has 5 heteroatoms. The van der Waals surface area contributed by atoms with E-state index < -0.39 is 0 Å². The topological polar surface area (TPSA) is 32.3 Å². The van der Waals surface area contributed by atoms with Gasteiger partial charge in [-0.1, -0.05) is 0 Å². The first-order chi connectivity index (χ1) is 6.36. The van der Waals surface area contributed by atoms with Crippen LogP contribution in [0, 0.1) is 0 Å². The number of nitrogens with zero attached hydrogens (tertiary/aromatic N) is 4. The van der Waals surface area contributed by atoms with Gasteiger partial charge in [0.2, 0.25) is 0 Å². The van der Waals surface area contributed by atoms with E-state index in [1.54, 1.807) is 12.4 Å². The summed E-state index contributed by atoms with van der Waals surface area (Å²) in [6.45, 7) is 4.28. The molecular formula is C8H11IN4. The Morgan fingerprint density at radius 3 is 2.54 bits per heavy atom. The standard InChI is InChI=1S/C8H11IN4/c9-13-5-3-12(4-6-13)8-7-10-1-2-11-8/h1-2,7H,3-6H2. The lowest BCUT2D eigenvalue weighted by Crippen LogP contribution is -2.42. The normalized spacial score (nSPS) is 19.0. The number of aromatic nitrogens is 2. The van der Waals surface area contributed by atoms with Crippen molar-refractivity contribution in [1.82, 2.24) is 13.1 Å². The van der Waals surface area contributed by atoms with Crippen LogP contribution in [0.2, 0.25) is 0 Å². The van der Waals surface area contributed by atoms with E-state index in [9.17, 15) is 0 Å². The summed E-state index contributed by atoms with van der Waals surface area (Å²) in [6.07, 6.45) is 5.27. The van der Waals surface area contributed by atoms with Crippen molar-refractivity contribution in [1.29, 1.82) is 0 Å². The second kappa shape index (κ2) is 4.19. The van der Waals surface area contributed by atoms with E-state index in [0.29, 0.717) is 0 Å². The van der Waals surface area contributed by atoms with Crippen LogP contribution in [0.4, 0.5) is 5.82 Å². The highest BCUT2D eigenvalue weighted by Gasteiger charge is 2.15. The van der Waals surface area contributed by atoms with Gasteiger partial charge in [-0.25, -0.2) is 8.10 Å². The van der Waals surface area contributed by atoms with Gasteiger partial charge in [0.1, 0.15) is 5.82 Å². The zero-order valence-corrected chi connectivity index (χ0v) is 9.38. The van der Waals surface area contributed by atoms with Gasteiger partial charge in [0.05, 0.1) is 6.20 Å². The molecule has 0 radical (unpaired) electrons. The molecule has 2 heterocycles. The molecule has 0 aliphatic carbocycles. The first kappa shape index (κ1) is 9.14. The second-order valence-corrected chi connectivity index (χ2v) is 4.33. The van der Waals surface area contributed by atoms with Crippen molar-refractivity contribution in [2.24, 2.45) is 0 Å². The summed E-state index contributed by atoms with van der Waals surface area (Å²) in [7, 11) is 0. The van der Waals surface area contributed by atoms with Crippen LogP contribution in [0.5, 0.6) is 0 Å². The Kier molecular flexibility index (Phi) is 2.94.